The molecule has 0 atom stereocenters. The lowest BCUT2D eigenvalue weighted by Crippen LogP contribution is -2.32. The van der Waals surface area contributed by atoms with Gasteiger partial charge in [-0.2, -0.15) is 0 Å². The molecule has 0 fully saturated rings. The van der Waals surface area contributed by atoms with Crippen LogP contribution in [0.2, 0.25) is 0 Å². The van der Waals surface area contributed by atoms with E-state index in [-0.39, 0.29) is 11.5 Å². The van der Waals surface area contributed by atoms with Gasteiger partial charge in [0.1, 0.15) is 11.4 Å². The molecule has 1 amide bonds. The third-order valence-corrected chi connectivity index (χ3v) is 4.38. The lowest BCUT2D eigenvalue weighted by molar-refractivity contribution is 0.0768. The fraction of sp³-hybridized carbons (Fsp3) is 0.350. The molecule has 2 aromatic rings. The summed E-state index contributed by atoms with van der Waals surface area (Å²) in [6.07, 6.45) is 3.43. The number of carbonyl (C=O) groups is 1. The number of hydrogen-bond donors (Lipinski definition) is 1. The zero-order valence-corrected chi connectivity index (χ0v) is 14.2. The van der Waals surface area contributed by atoms with Gasteiger partial charge in [0.25, 0.3) is 5.91 Å². The molecule has 0 unspecified atom stereocenters. The van der Waals surface area contributed by atoms with Crippen molar-refractivity contribution in [3.8, 4) is 5.75 Å². The summed E-state index contributed by atoms with van der Waals surface area (Å²) < 4.78 is 6.25. The molecule has 0 bridgehead atoms. The molecule has 0 radical (unpaired) electrons. The molecule has 0 saturated carbocycles. The van der Waals surface area contributed by atoms with Crippen molar-refractivity contribution < 1.29 is 9.53 Å². The van der Waals surface area contributed by atoms with Gasteiger partial charge in [0.15, 0.2) is 0 Å². The van der Waals surface area contributed by atoms with Gasteiger partial charge in [-0.15, -0.1) is 6.58 Å². The van der Waals surface area contributed by atoms with Gasteiger partial charge in [-0.3, -0.25) is 4.79 Å². The van der Waals surface area contributed by atoms with Gasteiger partial charge in [0.2, 0.25) is 0 Å². The average Bonchev–Trinajstić information content (AvgIpc) is 2.59. The number of ether oxygens (including phenoxy) is 1. The summed E-state index contributed by atoms with van der Waals surface area (Å²) in [5.74, 6) is 0.503. The Morgan fingerprint density at radius 2 is 1.91 bits per heavy atom. The normalized spacial score (nSPS) is 11.3. The molecule has 0 saturated heterocycles. The van der Waals surface area contributed by atoms with E-state index in [1.54, 1.807) is 6.08 Å². The highest BCUT2D eigenvalue weighted by molar-refractivity contribution is 6.09. The Hall–Kier alpha value is -2.29. The fourth-order valence-corrected chi connectivity index (χ4v) is 2.48. The van der Waals surface area contributed by atoms with Crippen LogP contribution in [0, 0.1) is 0 Å². The van der Waals surface area contributed by atoms with Crippen LogP contribution in [-0.2, 0) is 0 Å². The van der Waals surface area contributed by atoms with Crippen LogP contribution in [0.15, 0.2) is 49.1 Å². The van der Waals surface area contributed by atoms with Crippen molar-refractivity contribution in [2.45, 2.75) is 39.2 Å². The first kappa shape index (κ1) is 17.1. The number of benzene rings is 2. The van der Waals surface area contributed by atoms with E-state index in [4.69, 9.17) is 4.74 Å². The van der Waals surface area contributed by atoms with Crippen molar-refractivity contribution in [2.24, 2.45) is 0 Å². The number of carbonyl (C=O) groups excluding carboxylic acids is 1. The summed E-state index contributed by atoms with van der Waals surface area (Å²) in [6, 6.07) is 11.8. The van der Waals surface area contributed by atoms with Gasteiger partial charge in [0.05, 0.1) is 5.56 Å². The zero-order valence-electron chi connectivity index (χ0n) is 14.2. The molecule has 122 valence electrons. The van der Waals surface area contributed by atoms with Crippen LogP contribution in [0.4, 0.5) is 0 Å². The molecule has 0 heterocycles. The molecular formula is C20H25NO2. The smallest absolute Gasteiger partial charge is 0.255 e. The summed E-state index contributed by atoms with van der Waals surface area (Å²) in [4.78, 5) is 12.7. The molecule has 3 nitrogen and oxygen atoms in total. The lowest BCUT2D eigenvalue weighted by Gasteiger charge is -2.29. The lowest BCUT2D eigenvalue weighted by atomic mass is 9.98. The van der Waals surface area contributed by atoms with Crippen LogP contribution in [0.1, 0.15) is 44.0 Å². The maximum Gasteiger partial charge on any atom is 0.255 e. The summed E-state index contributed by atoms with van der Waals surface area (Å²) in [7, 11) is 0. The first-order valence-electron chi connectivity index (χ1n) is 8.14. The Morgan fingerprint density at radius 1 is 1.22 bits per heavy atom. The van der Waals surface area contributed by atoms with Gasteiger partial charge >= 0.3 is 0 Å². The first-order chi connectivity index (χ1) is 11.0. The zero-order chi connectivity index (χ0) is 16.9. The molecule has 0 aliphatic carbocycles. The monoisotopic (exact) mass is 311 g/mol. The molecule has 2 aromatic carbocycles. The Balaban J connectivity index is 2.55. The van der Waals surface area contributed by atoms with Crippen molar-refractivity contribution in [1.29, 1.82) is 0 Å². The van der Waals surface area contributed by atoms with E-state index in [9.17, 15) is 4.79 Å². The minimum absolute atomic E-state index is 0.133. The molecule has 0 aromatic heterocycles. The summed E-state index contributed by atoms with van der Waals surface area (Å²) in [6.45, 7) is 10.4. The SMILES string of the molecule is C=CCNC(=O)c1c(OC(C)(CC)CC)ccc2ccccc12. The molecule has 0 aliphatic heterocycles. The van der Waals surface area contributed by atoms with Crippen LogP contribution in [0.5, 0.6) is 5.75 Å². The molecule has 3 heteroatoms. The highest BCUT2D eigenvalue weighted by atomic mass is 16.5. The van der Waals surface area contributed by atoms with Crippen molar-refractivity contribution in [2.75, 3.05) is 6.54 Å². The van der Waals surface area contributed by atoms with Gasteiger partial charge in [0, 0.05) is 6.54 Å². The van der Waals surface area contributed by atoms with Crippen molar-refractivity contribution in [3.63, 3.8) is 0 Å². The topological polar surface area (TPSA) is 38.3 Å². The van der Waals surface area contributed by atoms with Gasteiger partial charge in [-0.05, 0) is 36.6 Å². The molecule has 1 N–H and O–H groups in total. The fourth-order valence-electron chi connectivity index (χ4n) is 2.48. The maximum atomic E-state index is 12.7. The first-order valence-corrected chi connectivity index (χ1v) is 8.14. The predicted molar refractivity (Wildman–Crippen MR) is 96.1 cm³/mol. The van der Waals surface area contributed by atoms with E-state index >= 15 is 0 Å². The number of rotatable bonds is 7. The largest absolute Gasteiger partial charge is 0.487 e. The summed E-state index contributed by atoms with van der Waals surface area (Å²) >= 11 is 0. The minimum Gasteiger partial charge on any atom is -0.487 e. The second-order valence-electron chi connectivity index (χ2n) is 5.92. The molecule has 0 aliphatic rings. The van der Waals surface area contributed by atoms with Crippen LogP contribution in [0.25, 0.3) is 10.8 Å². The second-order valence-corrected chi connectivity index (χ2v) is 5.92. The van der Waals surface area contributed by atoms with Crippen LogP contribution >= 0.6 is 0 Å². The number of nitrogens with one attached hydrogen (secondary N) is 1. The third-order valence-electron chi connectivity index (χ3n) is 4.38. The van der Waals surface area contributed by atoms with Crippen molar-refractivity contribution >= 4 is 16.7 Å². The predicted octanol–water partition coefficient (Wildman–Crippen LogP) is 4.71. The van der Waals surface area contributed by atoms with Crippen molar-refractivity contribution in [3.05, 3.63) is 54.6 Å². The van der Waals surface area contributed by atoms with Crippen LogP contribution in [0.3, 0.4) is 0 Å². The maximum absolute atomic E-state index is 12.7. The second kappa shape index (κ2) is 7.32. The Labute approximate surface area is 138 Å². The number of amides is 1. The Bertz CT molecular complexity index is 702. The Kier molecular flexibility index (Phi) is 5.43. The summed E-state index contributed by atoms with van der Waals surface area (Å²) in [5, 5.41) is 4.80. The summed E-state index contributed by atoms with van der Waals surface area (Å²) in [5.41, 5.74) is 0.314. The van der Waals surface area contributed by atoms with E-state index in [1.807, 2.05) is 36.4 Å². The minimum atomic E-state index is -0.282. The average molecular weight is 311 g/mol. The van der Waals surface area contributed by atoms with E-state index in [1.165, 1.54) is 0 Å². The van der Waals surface area contributed by atoms with Crippen LogP contribution < -0.4 is 10.1 Å². The molecule has 2 rings (SSSR count). The molecule has 23 heavy (non-hydrogen) atoms. The Morgan fingerprint density at radius 3 is 2.57 bits per heavy atom. The van der Waals surface area contributed by atoms with E-state index in [0.29, 0.717) is 17.9 Å². The van der Waals surface area contributed by atoms with E-state index < -0.39 is 0 Å². The van der Waals surface area contributed by atoms with Gasteiger partial charge in [-0.1, -0.05) is 50.3 Å². The van der Waals surface area contributed by atoms with Crippen LogP contribution in [-0.4, -0.2) is 18.1 Å². The third kappa shape index (κ3) is 3.73. The van der Waals surface area contributed by atoms with Crippen molar-refractivity contribution in [1.82, 2.24) is 5.32 Å². The molecule has 0 spiro atoms. The number of hydrogen-bond acceptors (Lipinski definition) is 2. The quantitative estimate of drug-likeness (QED) is 0.752. The van der Waals surface area contributed by atoms with E-state index in [2.05, 4.69) is 32.7 Å². The van der Waals surface area contributed by atoms with E-state index in [0.717, 1.165) is 23.6 Å². The standard InChI is InChI=1S/C20H25NO2/c1-5-14-21-19(22)18-16-11-9-8-10-15(16)12-13-17(18)23-20(4,6-2)7-3/h5,8-13H,1,6-7,14H2,2-4H3,(H,21,22). The highest BCUT2D eigenvalue weighted by Gasteiger charge is 2.25. The van der Waals surface area contributed by atoms with Gasteiger partial charge < -0.3 is 10.1 Å². The molecular weight excluding hydrogens is 286 g/mol. The number of fused-ring (bicyclic) bond motifs is 1. The highest BCUT2D eigenvalue weighted by Crippen LogP contribution is 2.32. The van der Waals surface area contributed by atoms with Gasteiger partial charge in [-0.25, -0.2) is 0 Å².